The van der Waals surface area contributed by atoms with Gasteiger partial charge in [-0.3, -0.25) is 4.52 Å². The Hall–Kier alpha value is -0.0100. The highest BCUT2D eigenvalue weighted by Crippen LogP contribution is 2.57. The Morgan fingerprint density at radius 1 is 1.33 bits per heavy atom. The van der Waals surface area contributed by atoms with Crippen LogP contribution in [0.3, 0.4) is 0 Å². The molecular weight excluding hydrogens is 271 g/mol. The molecule has 0 aliphatic rings. The normalized spacial score (nSPS) is 22.9. The van der Waals surface area contributed by atoms with Gasteiger partial charge in [-0.05, 0) is 6.92 Å². The van der Waals surface area contributed by atoms with Crippen LogP contribution in [0.4, 0.5) is 21.6 Å². The van der Waals surface area contributed by atoms with Crippen LogP contribution >= 0.6 is 15.7 Å². The summed E-state index contributed by atoms with van der Waals surface area (Å²) < 4.78 is 83.2. The van der Waals surface area contributed by atoms with Crippen LogP contribution in [0.2, 0.25) is 0 Å². The van der Waals surface area contributed by atoms with E-state index in [0.717, 1.165) is 0 Å². The van der Waals surface area contributed by atoms with Crippen molar-refractivity contribution in [2.45, 2.75) is 19.2 Å². The fourth-order valence-corrected chi connectivity index (χ4v) is 2.33. The van der Waals surface area contributed by atoms with E-state index in [1.54, 1.807) is 0 Å². The Balaban J connectivity index is 4.53. The standard InChI is InChI=1S/C3H6F5NO4P2/c1-2(3(4,5)6)13-15(8,12)9-14(7,10)11/h2H,1H3,(H2,9,10,11,12). The van der Waals surface area contributed by atoms with Gasteiger partial charge in [-0.1, -0.05) is 0 Å². The molecule has 0 aliphatic carbocycles. The molecule has 12 heteroatoms. The van der Waals surface area contributed by atoms with E-state index in [2.05, 4.69) is 4.52 Å². The summed E-state index contributed by atoms with van der Waals surface area (Å²) in [7, 11) is -11.6. The second-order valence-electron chi connectivity index (χ2n) is 2.37. The minimum absolute atomic E-state index is 0.300. The summed E-state index contributed by atoms with van der Waals surface area (Å²) in [5.41, 5.74) is 0. The second-order valence-corrected chi connectivity index (χ2v) is 5.35. The van der Waals surface area contributed by atoms with Gasteiger partial charge in [0.1, 0.15) is 0 Å². The first kappa shape index (κ1) is 15.0. The molecule has 0 aromatic carbocycles. The van der Waals surface area contributed by atoms with Crippen molar-refractivity contribution in [3.63, 3.8) is 0 Å². The lowest BCUT2D eigenvalue weighted by Crippen LogP contribution is -2.28. The predicted molar refractivity (Wildman–Crippen MR) is 39.4 cm³/mol. The van der Waals surface area contributed by atoms with Gasteiger partial charge in [-0.2, -0.15) is 13.2 Å². The number of rotatable bonds is 4. The average Bonchev–Trinajstić information content (AvgIpc) is 1.76. The first-order chi connectivity index (χ1) is 6.33. The van der Waals surface area contributed by atoms with Crippen LogP contribution in [0, 0.1) is 0 Å². The van der Waals surface area contributed by atoms with E-state index in [1.807, 2.05) is 0 Å². The first-order valence-corrected chi connectivity index (χ1v) is 6.27. The Labute approximate surface area is 80.9 Å². The number of halogens is 5. The zero-order valence-corrected chi connectivity index (χ0v) is 8.82. The maximum Gasteiger partial charge on any atom is 0.452 e. The summed E-state index contributed by atoms with van der Waals surface area (Å²) in [4.78, 5) is 8.18. The molecule has 0 amide bonds. The van der Waals surface area contributed by atoms with Crippen LogP contribution in [0.5, 0.6) is 0 Å². The van der Waals surface area contributed by atoms with Crippen LogP contribution in [-0.4, -0.2) is 17.2 Å². The lowest BCUT2D eigenvalue weighted by Gasteiger charge is -2.18. The van der Waals surface area contributed by atoms with E-state index < -0.39 is 27.9 Å². The molecule has 2 N–H and O–H groups in total. The van der Waals surface area contributed by atoms with Gasteiger partial charge in [0.05, 0.1) is 0 Å². The molecular formula is C3H6F5NO4P2. The van der Waals surface area contributed by atoms with Crippen LogP contribution in [0.15, 0.2) is 0 Å². The van der Waals surface area contributed by atoms with Gasteiger partial charge in [0.25, 0.3) is 0 Å². The lowest BCUT2D eigenvalue weighted by molar-refractivity contribution is -0.190. The van der Waals surface area contributed by atoms with Crippen molar-refractivity contribution < 1.29 is 40.1 Å². The fourth-order valence-electron chi connectivity index (χ4n) is 0.434. The SMILES string of the molecule is CC(OP(=O)(F)NP(=O)(O)F)C(F)(F)F. The number of hydrogen-bond acceptors (Lipinski definition) is 3. The van der Waals surface area contributed by atoms with Crippen molar-refractivity contribution in [1.82, 2.24) is 4.86 Å². The Bertz CT molecular complexity index is 312. The molecule has 0 aromatic heterocycles. The van der Waals surface area contributed by atoms with Crippen molar-refractivity contribution in [3.8, 4) is 0 Å². The van der Waals surface area contributed by atoms with Crippen LogP contribution in [0.25, 0.3) is 0 Å². The largest absolute Gasteiger partial charge is 0.452 e. The molecule has 0 aliphatic heterocycles. The maximum absolute atomic E-state index is 12.5. The number of nitrogens with one attached hydrogen (secondary N) is 1. The molecule has 5 nitrogen and oxygen atoms in total. The summed E-state index contributed by atoms with van der Waals surface area (Å²) in [6.07, 6.45) is -7.84. The third-order valence-corrected chi connectivity index (χ3v) is 3.53. The van der Waals surface area contributed by atoms with Crippen LogP contribution in [-0.2, 0) is 13.7 Å². The van der Waals surface area contributed by atoms with E-state index in [4.69, 9.17) is 4.89 Å². The second kappa shape index (κ2) is 4.47. The monoisotopic (exact) mass is 277 g/mol. The quantitative estimate of drug-likeness (QED) is 0.610. The van der Waals surface area contributed by atoms with Crippen molar-refractivity contribution in [1.29, 1.82) is 0 Å². The zero-order valence-electron chi connectivity index (χ0n) is 7.03. The molecule has 0 saturated carbocycles. The minimum Gasteiger partial charge on any atom is -0.309 e. The van der Waals surface area contributed by atoms with Crippen molar-refractivity contribution >= 4 is 15.7 Å². The Kier molecular flexibility index (Phi) is 4.46. The van der Waals surface area contributed by atoms with Gasteiger partial charge in [0.15, 0.2) is 6.10 Å². The molecule has 3 atom stereocenters. The number of alkyl halides is 3. The highest BCUT2D eigenvalue weighted by Gasteiger charge is 2.44. The third-order valence-electron chi connectivity index (χ3n) is 0.997. The molecule has 0 aromatic rings. The van der Waals surface area contributed by atoms with Gasteiger partial charge < -0.3 is 4.89 Å². The van der Waals surface area contributed by atoms with Gasteiger partial charge in [0, 0.05) is 0 Å². The summed E-state index contributed by atoms with van der Waals surface area (Å²) in [6.45, 7) is 0.300. The van der Waals surface area contributed by atoms with E-state index >= 15 is 0 Å². The van der Waals surface area contributed by atoms with E-state index in [9.17, 15) is 30.7 Å². The van der Waals surface area contributed by atoms with Gasteiger partial charge in [0.2, 0.25) is 0 Å². The fraction of sp³-hybridized carbons (Fsp3) is 1.00. The molecule has 15 heavy (non-hydrogen) atoms. The molecule has 0 spiro atoms. The molecule has 0 rings (SSSR count). The summed E-state index contributed by atoms with van der Waals surface area (Å²) in [5, 5.41) is 0. The highest BCUT2D eigenvalue weighted by molar-refractivity contribution is 7.66. The summed E-state index contributed by atoms with van der Waals surface area (Å²) in [5.74, 6) is 0. The topological polar surface area (TPSA) is 75.6 Å². The number of hydrogen-bond donors (Lipinski definition) is 2. The molecule has 0 fully saturated rings. The van der Waals surface area contributed by atoms with Crippen molar-refractivity contribution in [2.75, 3.05) is 0 Å². The predicted octanol–water partition coefficient (Wildman–Crippen LogP) is 2.69. The highest BCUT2D eigenvalue weighted by atomic mass is 31.3. The van der Waals surface area contributed by atoms with E-state index in [1.165, 1.54) is 0 Å². The molecule has 0 heterocycles. The zero-order chi connectivity index (χ0) is 12.5. The van der Waals surface area contributed by atoms with Gasteiger partial charge >= 0.3 is 21.8 Å². The maximum atomic E-state index is 12.5. The Morgan fingerprint density at radius 3 is 2.00 bits per heavy atom. The minimum atomic E-state index is -5.82. The van der Waals surface area contributed by atoms with E-state index in [-0.39, 0.29) is 0 Å². The molecule has 92 valence electrons. The van der Waals surface area contributed by atoms with E-state index in [0.29, 0.717) is 11.8 Å². The molecule has 0 radical (unpaired) electrons. The third kappa shape index (κ3) is 6.97. The van der Waals surface area contributed by atoms with Gasteiger partial charge in [-0.25, -0.2) is 9.13 Å². The van der Waals surface area contributed by atoms with Crippen LogP contribution in [0.1, 0.15) is 6.92 Å². The molecule has 3 unspecified atom stereocenters. The van der Waals surface area contributed by atoms with Crippen molar-refractivity contribution in [3.05, 3.63) is 0 Å². The lowest BCUT2D eigenvalue weighted by atomic mass is 10.4. The van der Waals surface area contributed by atoms with Crippen LogP contribution < -0.4 is 4.86 Å². The van der Waals surface area contributed by atoms with Gasteiger partial charge in [-0.15, -0.1) is 13.3 Å². The van der Waals surface area contributed by atoms with Crippen molar-refractivity contribution in [2.24, 2.45) is 0 Å². The summed E-state index contributed by atoms with van der Waals surface area (Å²) in [6, 6.07) is 0. The molecule has 0 saturated heterocycles. The Morgan fingerprint density at radius 2 is 1.73 bits per heavy atom. The summed E-state index contributed by atoms with van der Waals surface area (Å²) >= 11 is 0. The average molecular weight is 277 g/mol. The molecule has 0 bridgehead atoms. The smallest absolute Gasteiger partial charge is 0.309 e. The first-order valence-electron chi connectivity index (χ1n) is 3.20.